The van der Waals surface area contributed by atoms with E-state index in [1.807, 2.05) is 28.7 Å². The molecule has 0 N–H and O–H groups in total. The Balaban J connectivity index is 1.16. The minimum Gasteiger partial charge on any atom is -0.246 e. The maximum atomic E-state index is 5.45. The Kier molecular flexibility index (Phi) is 6.59. The fraction of sp³-hybridized carbons (Fsp3) is 0. The van der Waals surface area contributed by atoms with Crippen molar-refractivity contribution in [1.29, 1.82) is 0 Å². The molecule has 11 rings (SSSR count). The van der Waals surface area contributed by atoms with Crippen molar-refractivity contribution >= 4 is 84.7 Å². The monoisotopic (exact) mass is 697 g/mol. The van der Waals surface area contributed by atoms with Gasteiger partial charge in [-0.1, -0.05) is 140 Å². The highest BCUT2D eigenvalue weighted by molar-refractivity contribution is 7.27. The molecule has 0 atom stereocenters. The molecule has 0 aliphatic rings. The lowest BCUT2D eigenvalue weighted by Gasteiger charge is -2.15. The van der Waals surface area contributed by atoms with Crippen LogP contribution in [0.1, 0.15) is 0 Å². The molecule has 0 aliphatic carbocycles. The molecule has 3 nitrogen and oxygen atoms in total. The summed E-state index contributed by atoms with van der Waals surface area (Å²) in [5, 5.41) is 8.33. The highest BCUT2D eigenvalue weighted by Crippen LogP contribution is 2.44. The van der Waals surface area contributed by atoms with Crippen molar-refractivity contribution in [2.24, 2.45) is 0 Å². The highest BCUT2D eigenvalue weighted by Gasteiger charge is 2.20. The normalized spacial score (nSPS) is 11.8. The van der Waals surface area contributed by atoms with Gasteiger partial charge in [0.25, 0.3) is 0 Å². The lowest BCUT2D eigenvalue weighted by atomic mass is 9.94. The molecule has 0 amide bonds. The van der Waals surface area contributed by atoms with Gasteiger partial charge < -0.3 is 0 Å². The third-order valence-electron chi connectivity index (χ3n) is 10.1. The van der Waals surface area contributed by atoms with Gasteiger partial charge in [0.2, 0.25) is 0 Å². The summed E-state index contributed by atoms with van der Waals surface area (Å²) in [7, 11) is 0. The quantitative estimate of drug-likeness (QED) is 0.184. The summed E-state index contributed by atoms with van der Waals surface area (Å²) in [4.78, 5) is 16.1. The lowest BCUT2D eigenvalue weighted by molar-refractivity contribution is 1.19. The number of nitrogens with zero attached hydrogens (tertiary/aromatic N) is 3. The number of rotatable bonds is 4. The maximum Gasteiger partial charge on any atom is 0.161 e. The Morgan fingerprint density at radius 1 is 0.346 bits per heavy atom. The molecule has 0 saturated carbocycles. The maximum absolute atomic E-state index is 5.45. The van der Waals surface area contributed by atoms with Crippen LogP contribution in [0.15, 0.2) is 164 Å². The van der Waals surface area contributed by atoms with E-state index in [1.165, 1.54) is 40.3 Å². The van der Waals surface area contributed by atoms with Crippen LogP contribution in [-0.4, -0.2) is 15.0 Å². The zero-order valence-corrected chi connectivity index (χ0v) is 29.4. The van der Waals surface area contributed by atoms with Gasteiger partial charge in [-0.05, 0) is 35.0 Å². The van der Waals surface area contributed by atoms with E-state index in [-0.39, 0.29) is 0 Å². The molecular formula is C47H27N3S2. The van der Waals surface area contributed by atoms with Crippen molar-refractivity contribution in [1.82, 2.24) is 15.0 Å². The molecule has 0 fully saturated rings. The van der Waals surface area contributed by atoms with Gasteiger partial charge in [-0.15, -0.1) is 22.7 Å². The van der Waals surface area contributed by atoms with Crippen molar-refractivity contribution in [2.75, 3.05) is 0 Å². The molecule has 5 heteroatoms. The van der Waals surface area contributed by atoms with E-state index in [4.69, 9.17) is 15.0 Å². The molecular weight excluding hydrogens is 671 g/mol. The molecule has 0 unspecified atom stereocenters. The largest absolute Gasteiger partial charge is 0.246 e. The van der Waals surface area contributed by atoms with Crippen LogP contribution in [-0.2, 0) is 0 Å². The number of hydrogen-bond donors (Lipinski definition) is 0. The number of benzene rings is 7. The molecule has 4 aromatic heterocycles. The standard InChI is InChI=1S/C47H27N3S2/c1-2-13-28(14-3-1)39-27-40(37-22-12-21-34-31-17-8-10-23-41(31)51-45(34)37)49-47(48-39)36-26-25-33(29-15-4-5-16-30(29)36)43-32-18-6-7-19-35(32)46-44(50-43)38-20-9-11-24-42(38)52-46/h1-27H. The zero-order valence-electron chi connectivity index (χ0n) is 27.7. The Hall–Kier alpha value is -6.27. The van der Waals surface area contributed by atoms with Crippen LogP contribution >= 0.6 is 22.7 Å². The van der Waals surface area contributed by atoms with Gasteiger partial charge in [-0.2, -0.15) is 0 Å². The molecule has 7 aromatic carbocycles. The van der Waals surface area contributed by atoms with E-state index in [9.17, 15) is 0 Å². The summed E-state index contributed by atoms with van der Waals surface area (Å²) >= 11 is 3.65. The third-order valence-corrected chi connectivity index (χ3v) is 12.5. The van der Waals surface area contributed by atoms with Crippen LogP contribution in [0.4, 0.5) is 0 Å². The number of hydrogen-bond acceptors (Lipinski definition) is 5. The highest BCUT2D eigenvalue weighted by atomic mass is 32.1. The van der Waals surface area contributed by atoms with Crippen molar-refractivity contribution in [3.05, 3.63) is 164 Å². The van der Waals surface area contributed by atoms with Crippen LogP contribution in [0.25, 0.3) is 107 Å². The van der Waals surface area contributed by atoms with E-state index in [2.05, 4.69) is 158 Å². The molecule has 242 valence electrons. The lowest BCUT2D eigenvalue weighted by Crippen LogP contribution is -1.97. The van der Waals surface area contributed by atoms with Gasteiger partial charge >= 0.3 is 0 Å². The first-order chi connectivity index (χ1) is 25.8. The Labute approximate surface area is 307 Å². The van der Waals surface area contributed by atoms with Gasteiger partial charge in [0.1, 0.15) is 0 Å². The molecule has 0 bridgehead atoms. The second-order valence-corrected chi connectivity index (χ2v) is 15.2. The fourth-order valence-corrected chi connectivity index (χ4v) is 10.1. The number of aromatic nitrogens is 3. The molecule has 52 heavy (non-hydrogen) atoms. The first kappa shape index (κ1) is 29.5. The van der Waals surface area contributed by atoms with Crippen molar-refractivity contribution < 1.29 is 0 Å². The molecule has 0 saturated heterocycles. The first-order valence-corrected chi connectivity index (χ1v) is 19.0. The number of fused-ring (bicyclic) bond motifs is 9. The van der Waals surface area contributed by atoms with E-state index in [0.29, 0.717) is 5.82 Å². The van der Waals surface area contributed by atoms with Gasteiger partial charge in [0.05, 0.1) is 27.3 Å². The molecule has 4 heterocycles. The average Bonchev–Trinajstić information content (AvgIpc) is 3.79. The summed E-state index contributed by atoms with van der Waals surface area (Å²) in [6.07, 6.45) is 0. The Morgan fingerprint density at radius 2 is 0.904 bits per heavy atom. The third kappa shape index (κ3) is 4.53. The van der Waals surface area contributed by atoms with Crippen LogP contribution < -0.4 is 0 Å². The van der Waals surface area contributed by atoms with Crippen molar-refractivity contribution in [3.63, 3.8) is 0 Å². The SMILES string of the molecule is c1ccc(-c2cc(-c3cccc4c3sc3ccccc34)nc(-c3ccc(-c4nc5c6ccccc6sc5c5ccccc45)c4ccccc34)n2)cc1. The second-order valence-electron chi connectivity index (χ2n) is 13.1. The average molecular weight is 698 g/mol. The Morgan fingerprint density at radius 3 is 1.71 bits per heavy atom. The first-order valence-electron chi connectivity index (χ1n) is 17.4. The molecule has 11 aromatic rings. The van der Waals surface area contributed by atoms with Gasteiger partial charge in [-0.25, -0.2) is 15.0 Å². The summed E-state index contributed by atoms with van der Waals surface area (Å²) in [5.74, 6) is 0.703. The van der Waals surface area contributed by atoms with E-state index in [1.54, 1.807) is 0 Å². The minimum absolute atomic E-state index is 0.703. The summed E-state index contributed by atoms with van der Waals surface area (Å²) in [5.41, 5.74) is 8.13. The predicted octanol–water partition coefficient (Wildman–Crippen LogP) is 13.6. The number of pyridine rings is 1. The number of thiophene rings is 2. The second kappa shape index (κ2) is 11.6. The molecule has 0 spiro atoms. The summed E-state index contributed by atoms with van der Waals surface area (Å²) in [6, 6.07) is 58.1. The fourth-order valence-electron chi connectivity index (χ4n) is 7.70. The van der Waals surface area contributed by atoms with E-state index < -0.39 is 0 Å². The van der Waals surface area contributed by atoms with Crippen LogP contribution in [0, 0.1) is 0 Å². The minimum atomic E-state index is 0.703. The molecule has 0 aliphatic heterocycles. The Bertz CT molecular complexity index is 3190. The van der Waals surface area contributed by atoms with E-state index >= 15 is 0 Å². The van der Waals surface area contributed by atoms with Crippen LogP contribution in [0.2, 0.25) is 0 Å². The molecule has 0 radical (unpaired) electrons. The zero-order chi connectivity index (χ0) is 34.2. The van der Waals surface area contributed by atoms with E-state index in [0.717, 1.165) is 61.0 Å². The summed E-state index contributed by atoms with van der Waals surface area (Å²) < 4.78 is 5.00. The smallest absolute Gasteiger partial charge is 0.161 e. The van der Waals surface area contributed by atoms with Crippen LogP contribution in [0.3, 0.4) is 0 Å². The van der Waals surface area contributed by atoms with Gasteiger partial charge in [0.15, 0.2) is 5.82 Å². The van der Waals surface area contributed by atoms with Gasteiger partial charge in [-0.3, -0.25) is 0 Å². The van der Waals surface area contributed by atoms with Crippen molar-refractivity contribution in [3.8, 4) is 45.2 Å². The predicted molar refractivity (Wildman–Crippen MR) is 222 cm³/mol. The topological polar surface area (TPSA) is 38.7 Å². The van der Waals surface area contributed by atoms with Gasteiger partial charge in [0, 0.05) is 63.3 Å². The summed E-state index contributed by atoms with van der Waals surface area (Å²) in [6.45, 7) is 0. The van der Waals surface area contributed by atoms with Crippen molar-refractivity contribution in [2.45, 2.75) is 0 Å². The van der Waals surface area contributed by atoms with Crippen LogP contribution in [0.5, 0.6) is 0 Å².